The molecule has 0 aromatic carbocycles. The predicted molar refractivity (Wildman–Crippen MR) is 40.9 cm³/mol. The van der Waals surface area contributed by atoms with E-state index in [0.29, 0.717) is 12.8 Å². The van der Waals surface area contributed by atoms with Gasteiger partial charge in [-0.05, 0) is 12.8 Å². The Balaban J connectivity index is 4.49. The van der Waals surface area contributed by atoms with Crippen molar-refractivity contribution in [1.29, 1.82) is 5.26 Å². The van der Waals surface area contributed by atoms with Crippen LogP contribution in [0.25, 0.3) is 0 Å². The minimum Gasteiger partial charge on any atom is -0.481 e. The number of hydrogen-bond acceptors (Lipinski definition) is 2. The van der Waals surface area contributed by atoms with E-state index in [0.717, 1.165) is 0 Å². The molecule has 0 rings (SSSR count). The first kappa shape index (κ1) is 9.96. The fraction of sp³-hybridized carbons (Fsp3) is 0.750. The number of nitrogens with zero attached hydrogens (tertiary/aromatic N) is 1. The van der Waals surface area contributed by atoms with Crippen LogP contribution in [-0.2, 0) is 4.79 Å². The van der Waals surface area contributed by atoms with E-state index in [1.807, 2.05) is 6.07 Å². The Labute approximate surface area is 66.6 Å². The molecule has 0 aliphatic heterocycles. The molecule has 0 amide bonds. The van der Waals surface area contributed by atoms with Gasteiger partial charge < -0.3 is 5.11 Å². The van der Waals surface area contributed by atoms with Gasteiger partial charge in [0, 0.05) is 0 Å². The highest BCUT2D eigenvalue weighted by Crippen LogP contribution is 2.30. The lowest BCUT2D eigenvalue weighted by molar-refractivity contribution is -0.149. The molecule has 11 heavy (non-hydrogen) atoms. The summed E-state index contributed by atoms with van der Waals surface area (Å²) in [5, 5.41) is 17.2. The van der Waals surface area contributed by atoms with Gasteiger partial charge in [-0.1, -0.05) is 13.8 Å². The van der Waals surface area contributed by atoms with E-state index in [-0.39, 0.29) is 6.42 Å². The maximum atomic E-state index is 10.7. The first-order chi connectivity index (χ1) is 5.13. The molecular formula is C8H13NO2. The van der Waals surface area contributed by atoms with Crippen molar-refractivity contribution in [3.63, 3.8) is 0 Å². The number of carbonyl (C=O) groups is 1. The van der Waals surface area contributed by atoms with Crippen molar-refractivity contribution < 1.29 is 9.90 Å². The molecule has 0 aliphatic carbocycles. The van der Waals surface area contributed by atoms with Crippen LogP contribution in [0.3, 0.4) is 0 Å². The van der Waals surface area contributed by atoms with Crippen LogP contribution in [0.15, 0.2) is 0 Å². The van der Waals surface area contributed by atoms with E-state index in [1.165, 1.54) is 0 Å². The van der Waals surface area contributed by atoms with Gasteiger partial charge in [-0.3, -0.25) is 4.79 Å². The van der Waals surface area contributed by atoms with Gasteiger partial charge in [-0.25, -0.2) is 0 Å². The first-order valence-electron chi connectivity index (χ1n) is 3.73. The minimum absolute atomic E-state index is 0.106. The van der Waals surface area contributed by atoms with Crippen molar-refractivity contribution in [3.05, 3.63) is 0 Å². The fourth-order valence-electron chi connectivity index (χ4n) is 1.03. The van der Waals surface area contributed by atoms with Crippen molar-refractivity contribution in [3.8, 4) is 6.07 Å². The summed E-state index contributed by atoms with van der Waals surface area (Å²) in [6.07, 6.45) is 1.15. The van der Waals surface area contributed by atoms with E-state index >= 15 is 0 Å². The van der Waals surface area contributed by atoms with Crippen molar-refractivity contribution in [2.45, 2.75) is 33.1 Å². The van der Waals surface area contributed by atoms with Gasteiger partial charge in [0.2, 0.25) is 0 Å². The Morgan fingerprint density at radius 2 is 2.00 bits per heavy atom. The molecule has 0 fully saturated rings. The van der Waals surface area contributed by atoms with Crippen LogP contribution in [0, 0.1) is 16.7 Å². The minimum atomic E-state index is -0.857. The monoisotopic (exact) mass is 155 g/mol. The van der Waals surface area contributed by atoms with Crippen LogP contribution < -0.4 is 0 Å². The van der Waals surface area contributed by atoms with Gasteiger partial charge in [0.25, 0.3) is 0 Å². The molecule has 3 nitrogen and oxygen atoms in total. The van der Waals surface area contributed by atoms with Crippen molar-refractivity contribution >= 4 is 5.97 Å². The number of carboxylic acids is 1. The van der Waals surface area contributed by atoms with Gasteiger partial charge in [0.1, 0.15) is 0 Å². The molecule has 0 aliphatic rings. The lowest BCUT2D eigenvalue weighted by Gasteiger charge is -2.22. The third-order valence-corrected chi connectivity index (χ3v) is 2.22. The standard InChI is InChI=1S/C8H13NO2/c1-3-8(4-2,5-6-9)7(10)11/h3-5H2,1-2H3,(H,10,11). The van der Waals surface area contributed by atoms with Crippen LogP contribution >= 0.6 is 0 Å². The van der Waals surface area contributed by atoms with Crippen molar-refractivity contribution in [1.82, 2.24) is 0 Å². The van der Waals surface area contributed by atoms with Crippen LogP contribution in [-0.4, -0.2) is 11.1 Å². The molecule has 0 radical (unpaired) electrons. The molecule has 0 saturated carbocycles. The number of carboxylic acid groups (broad SMARTS) is 1. The third-order valence-electron chi connectivity index (χ3n) is 2.22. The van der Waals surface area contributed by atoms with E-state index in [2.05, 4.69) is 0 Å². The normalized spacial score (nSPS) is 10.6. The first-order valence-corrected chi connectivity index (χ1v) is 3.73. The molecule has 0 saturated heterocycles. The van der Waals surface area contributed by atoms with Gasteiger partial charge in [-0.2, -0.15) is 5.26 Å². The maximum absolute atomic E-state index is 10.7. The van der Waals surface area contributed by atoms with Crippen molar-refractivity contribution in [2.24, 2.45) is 5.41 Å². The summed E-state index contributed by atoms with van der Waals surface area (Å²) in [6, 6.07) is 1.91. The molecule has 3 heteroatoms. The summed E-state index contributed by atoms with van der Waals surface area (Å²) < 4.78 is 0. The Hall–Kier alpha value is -1.04. The maximum Gasteiger partial charge on any atom is 0.310 e. The summed E-state index contributed by atoms with van der Waals surface area (Å²) in [6.45, 7) is 3.60. The number of nitriles is 1. The molecular weight excluding hydrogens is 142 g/mol. The molecule has 0 bridgehead atoms. The fourth-order valence-corrected chi connectivity index (χ4v) is 1.03. The summed E-state index contributed by atoms with van der Waals surface area (Å²) in [4.78, 5) is 10.7. The second-order valence-corrected chi connectivity index (χ2v) is 2.63. The van der Waals surface area contributed by atoms with Crippen LogP contribution in [0.1, 0.15) is 33.1 Å². The highest BCUT2D eigenvalue weighted by atomic mass is 16.4. The topological polar surface area (TPSA) is 61.1 Å². The van der Waals surface area contributed by atoms with E-state index in [9.17, 15) is 4.79 Å². The third kappa shape index (κ3) is 1.94. The number of aliphatic carboxylic acids is 1. The molecule has 1 N–H and O–H groups in total. The largest absolute Gasteiger partial charge is 0.481 e. The zero-order valence-corrected chi connectivity index (χ0v) is 6.92. The van der Waals surface area contributed by atoms with Crippen LogP contribution in [0.4, 0.5) is 0 Å². The number of hydrogen-bond donors (Lipinski definition) is 1. The number of rotatable bonds is 4. The average molecular weight is 155 g/mol. The Morgan fingerprint density at radius 1 is 1.55 bits per heavy atom. The molecule has 0 heterocycles. The molecule has 0 atom stereocenters. The lowest BCUT2D eigenvalue weighted by Crippen LogP contribution is -2.28. The Morgan fingerprint density at radius 3 is 2.09 bits per heavy atom. The highest BCUT2D eigenvalue weighted by Gasteiger charge is 2.34. The second-order valence-electron chi connectivity index (χ2n) is 2.63. The molecule has 0 aromatic rings. The van der Waals surface area contributed by atoms with E-state index < -0.39 is 11.4 Å². The van der Waals surface area contributed by atoms with Crippen LogP contribution in [0.2, 0.25) is 0 Å². The van der Waals surface area contributed by atoms with Gasteiger partial charge in [0.05, 0.1) is 17.9 Å². The molecule has 0 aromatic heterocycles. The summed E-state index contributed by atoms with van der Waals surface area (Å²) >= 11 is 0. The quantitative estimate of drug-likeness (QED) is 0.673. The van der Waals surface area contributed by atoms with E-state index in [1.54, 1.807) is 13.8 Å². The average Bonchev–Trinajstić information content (AvgIpc) is 2.00. The van der Waals surface area contributed by atoms with Crippen molar-refractivity contribution in [2.75, 3.05) is 0 Å². The lowest BCUT2D eigenvalue weighted by atomic mass is 9.80. The molecule has 0 spiro atoms. The van der Waals surface area contributed by atoms with Crippen LogP contribution in [0.5, 0.6) is 0 Å². The second kappa shape index (κ2) is 3.97. The SMILES string of the molecule is CCC(CC)(CC#N)C(=O)O. The van der Waals surface area contributed by atoms with Gasteiger partial charge in [-0.15, -0.1) is 0 Å². The zero-order chi connectivity index (χ0) is 8.91. The summed E-state index contributed by atoms with van der Waals surface area (Å²) in [5.41, 5.74) is -0.811. The molecule has 0 unspecified atom stereocenters. The summed E-state index contributed by atoms with van der Waals surface area (Å²) in [5.74, 6) is -0.857. The van der Waals surface area contributed by atoms with E-state index in [4.69, 9.17) is 10.4 Å². The smallest absolute Gasteiger partial charge is 0.310 e. The van der Waals surface area contributed by atoms with Gasteiger partial charge >= 0.3 is 5.97 Å². The van der Waals surface area contributed by atoms with Gasteiger partial charge in [0.15, 0.2) is 0 Å². The zero-order valence-electron chi connectivity index (χ0n) is 6.92. The molecule has 62 valence electrons. The predicted octanol–water partition coefficient (Wildman–Crippen LogP) is 1.79. The summed E-state index contributed by atoms with van der Waals surface area (Å²) in [7, 11) is 0. The Bertz CT molecular complexity index is 177. The Kier molecular flexibility index (Phi) is 3.59. The highest BCUT2D eigenvalue weighted by molar-refractivity contribution is 5.74.